The number of halogens is 2. The summed E-state index contributed by atoms with van der Waals surface area (Å²) in [5, 5.41) is 0. The van der Waals surface area contributed by atoms with Gasteiger partial charge in [0.25, 0.3) is 5.91 Å². The largest absolute Gasteiger partial charge is 0.274 e. The first-order valence-corrected chi connectivity index (χ1v) is 6.77. The van der Waals surface area contributed by atoms with Crippen LogP contribution >= 0.6 is 15.9 Å². The molecule has 2 aromatic carbocycles. The highest BCUT2D eigenvalue weighted by atomic mass is 79.9. The Hall–Kier alpha value is -2.01. The molecule has 0 bridgehead atoms. The Bertz CT molecular complexity index is 730. The summed E-state index contributed by atoms with van der Waals surface area (Å²) < 4.78 is 14.5. The van der Waals surface area contributed by atoms with Gasteiger partial charge in [-0.25, -0.2) is 9.29 Å². The Labute approximate surface area is 123 Å². The van der Waals surface area contributed by atoms with Gasteiger partial charge in [-0.1, -0.05) is 34.1 Å². The molecular formula is C15H9BrFNO2. The lowest BCUT2D eigenvalue weighted by Crippen LogP contribution is -2.42. The third kappa shape index (κ3) is 2.04. The second-order valence-electron chi connectivity index (χ2n) is 4.46. The lowest BCUT2D eigenvalue weighted by Gasteiger charge is -2.27. The second-order valence-corrected chi connectivity index (χ2v) is 5.38. The summed E-state index contributed by atoms with van der Waals surface area (Å²) in [5.41, 5.74) is 1.10. The van der Waals surface area contributed by atoms with Crippen LogP contribution in [0.2, 0.25) is 0 Å². The Morgan fingerprint density at radius 2 is 1.85 bits per heavy atom. The van der Waals surface area contributed by atoms with Gasteiger partial charge in [0.15, 0.2) is 0 Å². The predicted molar refractivity (Wildman–Crippen MR) is 76.1 cm³/mol. The number of rotatable bonds is 1. The monoisotopic (exact) mass is 333 g/mol. The minimum Gasteiger partial charge on any atom is -0.274 e. The van der Waals surface area contributed by atoms with Crippen LogP contribution in [0.15, 0.2) is 46.9 Å². The van der Waals surface area contributed by atoms with Gasteiger partial charge >= 0.3 is 0 Å². The molecule has 0 unspecified atom stereocenters. The standard InChI is InChI=1S/C15H9BrFNO2/c16-10-5-6-13(12(17)8-10)18-14(19)7-9-3-1-2-4-11(9)15(18)20/h1-6,8H,7H2. The number of carbonyl (C=O) groups excluding carboxylic acids is 2. The summed E-state index contributed by atoms with van der Waals surface area (Å²) in [5.74, 6) is -1.52. The number of amides is 2. The van der Waals surface area contributed by atoms with Gasteiger partial charge in [-0.15, -0.1) is 0 Å². The van der Waals surface area contributed by atoms with E-state index >= 15 is 0 Å². The fourth-order valence-corrected chi connectivity index (χ4v) is 2.60. The molecule has 0 radical (unpaired) electrons. The number of benzene rings is 2. The van der Waals surface area contributed by atoms with E-state index < -0.39 is 17.6 Å². The molecule has 1 aliphatic rings. The minimum atomic E-state index is -0.611. The fourth-order valence-electron chi connectivity index (χ4n) is 2.27. The van der Waals surface area contributed by atoms with E-state index in [-0.39, 0.29) is 12.1 Å². The van der Waals surface area contributed by atoms with Crippen LogP contribution in [0.5, 0.6) is 0 Å². The molecule has 0 aliphatic carbocycles. The van der Waals surface area contributed by atoms with E-state index in [0.29, 0.717) is 15.6 Å². The lowest BCUT2D eigenvalue weighted by atomic mass is 9.98. The molecule has 100 valence electrons. The highest BCUT2D eigenvalue weighted by molar-refractivity contribution is 9.10. The van der Waals surface area contributed by atoms with Gasteiger partial charge in [-0.05, 0) is 29.8 Å². The predicted octanol–water partition coefficient (Wildman–Crippen LogP) is 3.32. The van der Waals surface area contributed by atoms with Crippen molar-refractivity contribution in [3.05, 3.63) is 63.9 Å². The molecule has 0 N–H and O–H groups in total. The van der Waals surface area contributed by atoms with Crippen LogP contribution in [-0.2, 0) is 11.2 Å². The van der Waals surface area contributed by atoms with E-state index in [4.69, 9.17) is 0 Å². The molecule has 3 nitrogen and oxygen atoms in total. The highest BCUT2D eigenvalue weighted by Gasteiger charge is 2.33. The first-order valence-electron chi connectivity index (χ1n) is 5.98. The SMILES string of the molecule is O=C1Cc2ccccc2C(=O)N1c1ccc(Br)cc1F. The molecule has 0 fully saturated rings. The Balaban J connectivity index is 2.11. The maximum atomic E-state index is 14.0. The molecule has 5 heteroatoms. The van der Waals surface area contributed by atoms with Crippen LogP contribution in [0.3, 0.4) is 0 Å². The van der Waals surface area contributed by atoms with Crippen molar-refractivity contribution in [1.82, 2.24) is 0 Å². The minimum absolute atomic E-state index is 0.0160. The van der Waals surface area contributed by atoms with Crippen LogP contribution in [0, 0.1) is 5.82 Å². The molecule has 1 heterocycles. The molecule has 0 saturated heterocycles. The number of imide groups is 1. The molecule has 0 aromatic heterocycles. The zero-order valence-electron chi connectivity index (χ0n) is 10.3. The zero-order chi connectivity index (χ0) is 14.3. The summed E-state index contributed by atoms with van der Waals surface area (Å²) in [4.78, 5) is 25.4. The van der Waals surface area contributed by atoms with Crippen LogP contribution in [0.4, 0.5) is 10.1 Å². The molecule has 2 aromatic rings. The number of hydrogen-bond acceptors (Lipinski definition) is 2. The first-order chi connectivity index (χ1) is 9.58. The van der Waals surface area contributed by atoms with Crippen LogP contribution in [0.25, 0.3) is 0 Å². The number of nitrogens with zero attached hydrogens (tertiary/aromatic N) is 1. The summed E-state index contributed by atoms with van der Waals surface area (Å²) in [6, 6.07) is 11.1. The third-order valence-electron chi connectivity index (χ3n) is 3.19. The highest BCUT2D eigenvalue weighted by Crippen LogP contribution is 2.29. The third-order valence-corrected chi connectivity index (χ3v) is 3.69. The lowest BCUT2D eigenvalue weighted by molar-refractivity contribution is -0.117. The van der Waals surface area contributed by atoms with Gasteiger partial charge in [0.1, 0.15) is 5.82 Å². The maximum absolute atomic E-state index is 14.0. The van der Waals surface area contributed by atoms with Crippen molar-refractivity contribution >= 4 is 33.4 Å². The van der Waals surface area contributed by atoms with Gasteiger partial charge in [-0.3, -0.25) is 9.59 Å². The van der Waals surface area contributed by atoms with E-state index in [0.717, 1.165) is 4.90 Å². The molecular weight excluding hydrogens is 325 g/mol. The number of fused-ring (bicyclic) bond motifs is 1. The van der Waals surface area contributed by atoms with E-state index in [1.54, 1.807) is 30.3 Å². The summed E-state index contributed by atoms with van der Waals surface area (Å²) in [7, 11) is 0. The average Bonchev–Trinajstić information content (AvgIpc) is 2.41. The van der Waals surface area contributed by atoms with E-state index in [1.165, 1.54) is 12.1 Å². The van der Waals surface area contributed by atoms with Crippen molar-refractivity contribution in [2.75, 3.05) is 4.90 Å². The topological polar surface area (TPSA) is 37.4 Å². The molecule has 1 aliphatic heterocycles. The van der Waals surface area contributed by atoms with E-state index in [9.17, 15) is 14.0 Å². The number of hydrogen-bond donors (Lipinski definition) is 0. The molecule has 3 rings (SSSR count). The number of anilines is 1. The Morgan fingerprint density at radius 1 is 1.10 bits per heavy atom. The second kappa shape index (κ2) is 4.83. The molecule has 2 amide bonds. The van der Waals surface area contributed by atoms with E-state index in [1.807, 2.05) is 0 Å². The zero-order valence-corrected chi connectivity index (χ0v) is 11.9. The average molecular weight is 334 g/mol. The Kier molecular flexibility index (Phi) is 3.14. The number of carbonyl (C=O) groups is 2. The summed E-state index contributed by atoms with van der Waals surface area (Å²) in [6.07, 6.45) is 0.0947. The van der Waals surface area contributed by atoms with Gasteiger partial charge in [0.2, 0.25) is 5.91 Å². The normalized spacial score (nSPS) is 14.4. The van der Waals surface area contributed by atoms with Crippen molar-refractivity contribution in [2.24, 2.45) is 0 Å². The first kappa shape index (κ1) is 13.0. The van der Waals surface area contributed by atoms with Crippen LogP contribution < -0.4 is 4.90 Å². The van der Waals surface area contributed by atoms with Crippen LogP contribution in [-0.4, -0.2) is 11.8 Å². The molecule has 20 heavy (non-hydrogen) atoms. The Morgan fingerprint density at radius 3 is 2.60 bits per heavy atom. The molecule has 0 saturated carbocycles. The van der Waals surface area contributed by atoms with Crippen molar-refractivity contribution < 1.29 is 14.0 Å². The fraction of sp³-hybridized carbons (Fsp3) is 0.0667. The molecule has 0 spiro atoms. The molecule has 0 atom stereocenters. The van der Waals surface area contributed by atoms with Crippen LogP contribution in [0.1, 0.15) is 15.9 Å². The van der Waals surface area contributed by atoms with Gasteiger partial charge < -0.3 is 0 Å². The maximum Gasteiger partial charge on any atom is 0.265 e. The smallest absolute Gasteiger partial charge is 0.265 e. The summed E-state index contributed by atoms with van der Waals surface area (Å²) >= 11 is 3.15. The van der Waals surface area contributed by atoms with Gasteiger partial charge in [-0.2, -0.15) is 0 Å². The van der Waals surface area contributed by atoms with E-state index in [2.05, 4.69) is 15.9 Å². The van der Waals surface area contributed by atoms with Crippen molar-refractivity contribution in [1.29, 1.82) is 0 Å². The van der Waals surface area contributed by atoms with Crippen molar-refractivity contribution in [2.45, 2.75) is 6.42 Å². The van der Waals surface area contributed by atoms with Gasteiger partial charge in [0.05, 0.1) is 12.1 Å². The summed E-state index contributed by atoms with van der Waals surface area (Å²) in [6.45, 7) is 0. The quantitative estimate of drug-likeness (QED) is 0.751. The van der Waals surface area contributed by atoms with Crippen molar-refractivity contribution in [3.8, 4) is 0 Å². The van der Waals surface area contributed by atoms with Crippen molar-refractivity contribution in [3.63, 3.8) is 0 Å². The van der Waals surface area contributed by atoms with Gasteiger partial charge in [0, 0.05) is 10.0 Å².